The first-order chi connectivity index (χ1) is 11.8. The van der Waals surface area contributed by atoms with Gasteiger partial charge in [0, 0.05) is 17.7 Å². The van der Waals surface area contributed by atoms with Crippen LogP contribution in [0.1, 0.15) is 32.1 Å². The van der Waals surface area contributed by atoms with E-state index < -0.39 is 0 Å². The van der Waals surface area contributed by atoms with Crippen LogP contribution in [0.4, 0.5) is 5.82 Å². The molecule has 5 heteroatoms. The molecule has 1 aromatic carbocycles. The van der Waals surface area contributed by atoms with E-state index in [1.54, 1.807) is 17.5 Å². The Hall–Kier alpha value is -2.27. The van der Waals surface area contributed by atoms with Crippen molar-refractivity contribution in [3.8, 4) is 10.6 Å². The fourth-order valence-corrected chi connectivity index (χ4v) is 4.14. The third-order valence-corrected chi connectivity index (χ3v) is 5.62. The van der Waals surface area contributed by atoms with Gasteiger partial charge in [-0.25, -0.2) is 9.97 Å². The normalized spacial score (nSPS) is 15.5. The van der Waals surface area contributed by atoms with Crippen molar-refractivity contribution in [2.45, 2.75) is 32.1 Å². The molecule has 0 unspecified atom stereocenters. The molecule has 1 fully saturated rings. The van der Waals surface area contributed by atoms with Crippen LogP contribution in [0.3, 0.4) is 0 Å². The van der Waals surface area contributed by atoms with Gasteiger partial charge in [0.05, 0.1) is 10.2 Å². The first-order valence-corrected chi connectivity index (χ1v) is 9.24. The molecule has 2 aromatic heterocycles. The van der Waals surface area contributed by atoms with E-state index in [9.17, 15) is 4.79 Å². The molecular formula is C19H19N3OS. The highest BCUT2D eigenvalue weighted by atomic mass is 32.1. The number of carbonyl (C=O) groups is 1. The minimum absolute atomic E-state index is 0.106. The van der Waals surface area contributed by atoms with Gasteiger partial charge in [0.25, 0.3) is 0 Å². The summed E-state index contributed by atoms with van der Waals surface area (Å²) in [6.45, 7) is 0. The van der Waals surface area contributed by atoms with Gasteiger partial charge in [0.15, 0.2) is 0 Å². The third kappa shape index (κ3) is 3.17. The van der Waals surface area contributed by atoms with E-state index in [4.69, 9.17) is 0 Å². The molecule has 0 atom stereocenters. The average Bonchev–Trinajstić information content (AvgIpc) is 3.07. The number of para-hydroxylation sites is 1. The highest BCUT2D eigenvalue weighted by Gasteiger charge is 2.21. The number of anilines is 1. The van der Waals surface area contributed by atoms with E-state index in [-0.39, 0.29) is 11.8 Å². The maximum atomic E-state index is 12.3. The topological polar surface area (TPSA) is 54.9 Å². The second-order valence-corrected chi connectivity index (χ2v) is 7.27. The lowest BCUT2D eigenvalue weighted by atomic mass is 9.89. The number of hydrogen-bond acceptors (Lipinski definition) is 4. The van der Waals surface area contributed by atoms with Crippen molar-refractivity contribution >= 4 is 33.3 Å². The highest BCUT2D eigenvalue weighted by molar-refractivity contribution is 7.21. The van der Waals surface area contributed by atoms with Gasteiger partial charge >= 0.3 is 0 Å². The summed E-state index contributed by atoms with van der Waals surface area (Å²) >= 11 is 1.65. The Kier molecular flexibility index (Phi) is 4.26. The van der Waals surface area contributed by atoms with Crippen molar-refractivity contribution < 1.29 is 4.79 Å². The van der Waals surface area contributed by atoms with Crippen LogP contribution >= 0.6 is 11.3 Å². The Labute approximate surface area is 145 Å². The predicted octanol–water partition coefficient (Wildman–Crippen LogP) is 4.88. The molecule has 4 rings (SSSR count). The van der Waals surface area contributed by atoms with Gasteiger partial charge in [-0.3, -0.25) is 4.79 Å². The van der Waals surface area contributed by atoms with E-state index in [0.29, 0.717) is 5.82 Å². The molecule has 122 valence electrons. The summed E-state index contributed by atoms with van der Waals surface area (Å²) in [6.07, 6.45) is 7.34. The Bertz CT molecular complexity index is 817. The van der Waals surface area contributed by atoms with Gasteiger partial charge < -0.3 is 5.32 Å². The van der Waals surface area contributed by atoms with E-state index in [1.165, 1.54) is 11.1 Å². The smallest absolute Gasteiger partial charge is 0.228 e. The molecule has 1 aliphatic rings. The van der Waals surface area contributed by atoms with Crippen LogP contribution in [0.5, 0.6) is 0 Å². The summed E-state index contributed by atoms with van der Waals surface area (Å²) in [5.41, 5.74) is 1.99. The molecule has 1 saturated carbocycles. The van der Waals surface area contributed by atoms with E-state index in [2.05, 4.69) is 21.4 Å². The minimum Gasteiger partial charge on any atom is -0.310 e. The monoisotopic (exact) mass is 337 g/mol. The van der Waals surface area contributed by atoms with Crippen molar-refractivity contribution in [1.29, 1.82) is 0 Å². The van der Waals surface area contributed by atoms with Gasteiger partial charge in [-0.05, 0) is 37.1 Å². The van der Waals surface area contributed by atoms with Crippen LogP contribution < -0.4 is 5.32 Å². The van der Waals surface area contributed by atoms with Crippen LogP contribution in [0.25, 0.3) is 20.8 Å². The Morgan fingerprint density at radius 3 is 2.67 bits per heavy atom. The number of thiazole rings is 1. The molecule has 2 heterocycles. The average molecular weight is 337 g/mol. The Morgan fingerprint density at radius 2 is 1.92 bits per heavy atom. The zero-order valence-electron chi connectivity index (χ0n) is 13.4. The molecule has 1 amide bonds. The third-order valence-electron chi connectivity index (χ3n) is 4.53. The first kappa shape index (κ1) is 15.3. The minimum atomic E-state index is 0.106. The fourth-order valence-electron chi connectivity index (χ4n) is 3.18. The van der Waals surface area contributed by atoms with Gasteiger partial charge in [-0.15, -0.1) is 11.3 Å². The van der Waals surface area contributed by atoms with Crippen LogP contribution in [-0.4, -0.2) is 15.9 Å². The number of benzene rings is 1. The molecule has 0 aliphatic heterocycles. The van der Waals surface area contributed by atoms with E-state index in [1.807, 2.05) is 30.3 Å². The lowest BCUT2D eigenvalue weighted by molar-refractivity contribution is -0.120. The fraction of sp³-hybridized carbons (Fsp3) is 0.316. The SMILES string of the molecule is O=C(Nc1ccc(-c2nc3ccccc3s2)cn1)C1CCCCC1. The number of nitrogens with one attached hydrogen (secondary N) is 1. The zero-order valence-corrected chi connectivity index (χ0v) is 14.2. The maximum Gasteiger partial charge on any atom is 0.228 e. The molecule has 24 heavy (non-hydrogen) atoms. The van der Waals surface area contributed by atoms with Gasteiger partial charge in [-0.1, -0.05) is 31.4 Å². The maximum absolute atomic E-state index is 12.3. The molecule has 0 spiro atoms. The molecular weight excluding hydrogens is 318 g/mol. The number of aromatic nitrogens is 2. The number of carbonyl (C=O) groups excluding carboxylic acids is 1. The van der Waals surface area contributed by atoms with E-state index in [0.717, 1.165) is 41.8 Å². The highest BCUT2D eigenvalue weighted by Crippen LogP contribution is 2.30. The quantitative estimate of drug-likeness (QED) is 0.741. The van der Waals surface area contributed by atoms with Gasteiger partial charge in [-0.2, -0.15) is 0 Å². The van der Waals surface area contributed by atoms with E-state index >= 15 is 0 Å². The number of rotatable bonds is 3. The second-order valence-electron chi connectivity index (χ2n) is 6.24. The predicted molar refractivity (Wildman–Crippen MR) is 98.1 cm³/mol. The number of hydrogen-bond donors (Lipinski definition) is 1. The summed E-state index contributed by atoms with van der Waals surface area (Å²) in [5.74, 6) is 0.870. The van der Waals surface area contributed by atoms with Crippen molar-refractivity contribution in [2.24, 2.45) is 5.92 Å². The summed E-state index contributed by atoms with van der Waals surface area (Å²) in [7, 11) is 0. The summed E-state index contributed by atoms with van der Waals surface area (Å²) in [5, 5.41) is 3.90. The largest absolute Gasteiger partial charge is 0.310 e. The van der Waals surface area contributed by atoms with Gasteiger partial charge in [0.2, 0.25) is 5.91 Å². The van der Waals surface area contributed by atoms with Crippen molar-refractivity contribution in [2.75, 3.05) is 5.32 Å². The molecule has 1 N–H and O–H groups in total. The molecule has 0 bridgehead atoms. The summed E-state index contributed by atoms with van der Waals surface area (Å²) in [4.78, 5) is 21.3. The van der Waals surface area contributed by atoms with Crippen LogP contribution in [0.2, 0.25) is 0 Å². The zero-order chi connectivity index (χ0) is 16.4. The van der Waals surface area contributed by atoms with Crippen LogP contribution in [-0.2, 0) is 4.79 Å². The first-order valence-electron chi connectivity index (χ1n) is 8.42. The molecule has 0 radical (unpaired) electrons. The van der Waals surface area contributed by atoms with Gasteiger partial charge in [0.1, 0.15) is 10.8 Å². The number of nitrogens with zero attached hydrogens (tertiary/aromatic N) is 2. The van der Waals surface area contributed by atoms with Crippen LogP contribution in [0.15, 0.2) is 42.6 Å². The second kappa shape index (κ2) is 6.69. The van der Waals surface area contributed by atoms with Crippen molar-refractivity contribution in [1.82, 2.24) is 9.97 Å². The summed E-state index contributed by atoms with van der Waals surface area (Å²) < 4.78 is 1.17. The number of amides is 1. The Morgan fingerprint density at radius 1 is 1.08 bits per heavy atom. The standard InChI is InChI=1S/C19H19N3OS/c23-18(13-6-2-1-3-7-13)22-17-11-10-14(12-20-17)19-21-15-8-4-5-9-16(15)24-19/h4-5,8-13H,1-3,6-7H2,(H,20,22,23). The molecule has 4 nitrogen and oxygen atoms in total. The Balaban J connectivity index is 1.48. The molecule has 3 aromatic rings. The van der Waals surface area contributed by atoms with Crippen LogP contribution in [0, 0.1) is 5.92 Å². The lowest BCUT2D eigenvalue weighted by Gasteiger charge is -2.20. The summed E-state index contributed by atoms with van der Waals surface area (Å²) in [6, 6.07) is 11.9. The molecule has 1 aliphatic carbocycles. The van der Waals surface area contributed by atoms with Crippen molar-refractivity contribution in [3.05, 3.63) is 42.6 Å². The molecule has 0 saturated heterocycles. The number of fused-ring (bicyclic) bond motifs is 1. The number of pyridine rings is 1. The van der Waals surface area contributed by atoms with Crippen molar-refractivity contribution in [3.63, 3.8) is 0 Å². The lowest BCUT2D eigenvalue weighted by Crippen LogP contribution is -2.25.